The summed E-state index contributed by atoms with van der Waals surface area (Å²) in [4.78, 5) is 14.4. The van der Waals surface area contributed by atoms with Gasteiger partial charge in [0.15, 0.2) is 0 Å². The smallest absolute Gasteiger partial charge is 0.241 e. The lowest BCUT2D eigenvalue weighted by Crippen LogP contribution is -2.38. The van der Waals surface area contributed by atoms with Gasteiger partial charge in [0.05, 0.1) is 12.7 Å². The molecule has 0 spiro atoms. The van der Waals surface area contributed by atoms with E-state index in [9.17, 15) is 4.79 Å². The lowest BCUT2D eigenvalue weighted by molar-refractivity contribution is -0.131. The first-order valence-corrected chi connectivity index (χ1v) is 7.26. The molecule has 1 aliphatic carbocycles. The van der Waals surface area contributed by atoms with Gasteiger partial charge in [-0.15, -0.1) is 0 Å². The molecule has 0 radical (unpaired) electrons. The van der Waals surface area contributed by atoms with Crippen LogP contribution in [-0.2, 0) is 4.79 Å². The first-order chi connectivity index (χ1) is 8.22. The predicted molar refractivity (Wildman–Crippen MR) is 69.6 cm³/mol. The van der Waals surface area contributed by atoms with Crippen LogP contribution in [0.5, 0.6) is 0 Å². The van der Waals surface area contributed by atoms with Crippen molar-refractivity contribution in [1.29, 1.82) is 0 Å². The van der Waals surface area contributed by atoms with Gasteiger partial charge < -0.3 is 4.90 Å². The van der Waals surface area contributed by atoms with E-state index >= 15 is 0 Å². The Bertz CT molecular complexity index is 267. The van der Waals surface area contributed by atoms with Crippen molar-refractivity contribution in [2.45, 2.75) is 70.9 Å². The Morgan fingerprint density at radius 2 is 2.12 bits per heavy atom. The van der Waals surface area contributed by atoms with Crippen LogP contribution < -0.4 is 5.32 Å². The van der Waals surface area contributed by atoms with Crippen molar-refractivity contribution >= 4 is 5.91 Å². The number of carbonyl (C=O) groups excluding carboxylic acids is 1. The third kappa shape index (κ3) is 3.01. The largest absolute Gasteiger partial charge is 0.326 e. The van der Waals surface area contributed by atoms with Crippen molar-refractivity contribution in [3.05, 3.63) is 0 Å². The van der Waals surface area contributed by atoms with Crippen molar-refractivity contribution in [2.24, 2.45) is 5.92 Å². The van der Waals surface area contributed by atoms with Crippen LogP contribution in [-0.4, -0.2) is 29.6 Å². The second-order valence-electron chi connectivity index (χ2n) is 5.78. The summed E-state index contributed by atoms with van der Waals surface area (Å²) in [5.41, 5.74) is 0. The summed E-state index contributed by atoms with van der Waals surface area (Å²) < 4.78 is 0. The lowest BCUT2D eigenvalue weighted by atomic mass is 10.0. The van der Waals surface area contributed by atoms with Crippen LogP contribution in [0.4, 0.5) is 0 Å². The van der Waals surface area contributed by atoms with E-state index in [0.29, 0.717) is 11.9 Å². The molecule has 98 valence electrons. The molecule has 3 atom stereocenters. The number of hydrogen-bond donors (Lipinski definition) is 1. The molecular formula is C14H26N2O. The third-order valence-corrected chi connectivity index (χ3v) is 4.33. The minimum atomic E-state index is 0.0978. The highest BCUT2D eigenvalue weighted by Crippen LogP contribution is 2.27. The van der Waals surface area contributed by atoms with E-state index in [1.165, 1.54) is 32.1 Å². The summed E-state index contributed by atoms with van der Waals surface area (Å²) in [6.45, 7) is 5.26. The maximum atomic E-state index is 12.3. The van der Waals surface area contributed by atoms with Crippen molar-refractivity contribution in [3.8, 4) is 0 Å². The molecule has 3 heteroatoms. The van der Waals surface area contributed by atoms with Gasteiger partial charge in [-0.05, 0) is 31.6 Å². The van der Waals surface area contributed by atoms with E-state index in [1.54, 1.807) is 0 Å². The lowest BCUT2D eigenvalue weighted by Gasteiger charge is -2.26. The summed E-state index contributed by atoms with van der Waals surface area (Å²) in [6.07, 6.45) is 8.38. The van der Waals surface area contributed by atoms with E-state index in [0.717, 1.165) is 25.4 Å². The van der Waals surface area contributed by atoms with Gasteiger partial charge in [-0.25, -0.2) is 0 Å². The average Bonchev–Trinajstić information content (AvgIpc) is 2.54. The Balaban J connectivity index is 1.92. The number of rotatable bonds is 3. The molecule has 3 unspecified atom stereocenters. The Labute approximate surface area is 105 Å². The Hall–Kier alpha value is -0.570. The van der Waals surface area contributed by atoms with Gasteiger partial charge in [-0.2, -0.15) is 0 Å². The Morgan fingerprint density at radius 1 is 1.29 bits per heavy atom. The monoisotopic (exact) mass is 238 g/mol. The van der Waals surface area contributed by atoms with Crippen LogP contribution in [0, 0.1) is 5.92 Å². The highest BCUT2D eigenvalue weighted by atomic mass is 16.2. The molecule has 0 aromatic carbocycles. The van der Waals surface area contributed by atoms with Crippen LogP contribution in [0.2, 0.25) is 0 Å². The SMILES string of the molecule is CCCC1NCN(C2CCCC(C)CC2)C1=O. The summed E-state index contributed by atoms with van der Waals surface area (Å²) >= 11 is 0. The zero-order valence-electron chi connectivity index (χ0n) is 11.2. The molecule has 1 saturated carbocycles. The summed E-state index contributed by atoms with van der Waals surface area (Å²) in [6, 6.07) is 0.600. The fourth-order valence-corrected chi connectivity index (χ4v) is 3.18. The van der Waals surface area contributed by atoms with Crippen molar-refractivity contribution in [3.63, 3.8) is 0 Å². The van der Waals surface area contributed by atoms with E-state index < -0.39 is 0 Å². The number of nitrogens with one attached hydrogen (secondary N) is 1. The summed E-state index contributed by atoms with van der Waals surface area (Å²) in [7, 11) is 0. The molecule has 1 saturated heterocycles. The number of carbonyl (C=O) groups is 1. The summed E-state index contributed by atoms with van der Waals surface area (Å²) in [5.74, 6) is 1.20. The molecule has 1 N–H and O–H groups in total. The molecular weight excluding hydrogens is 212 g/mol. The van der Waals surface area contributed by atoms with Gasteiger partial charge in [0, 0.05) is 6.04 Å². The molecule has 2 fully saturated rings. The van der Waals surface area contributed by atoms with E-state index in [1.807, 2.05) is 0 Å². The normalized spacial score (nSPS) is 35.1. The van der Waals surface area contributed by atoms with E-state index in [-0.39, 0.29) is 6.04 Å². The molecule has 1 amide bonds. The fourth-order valence-electron chi connectivity index (χ4n) is 3.18. The second-order valence-corrected chi connectivity index (χ2v) is 5.78. The van der Waals surface area contributed by atoms with Gasteiger partial charge >= 0.3 is 0 Å². The van der Waals surface area contributed by atoms with Gasteiger partial charge in [0.25, 0.3) is 0 Å². The number of amides is 1. The van der Waals surface area contributed by atoms with Crippen LogP contribution in [0.3, 0.4) is 0 Å². The Morgan fingerprint density at radius 3 is 2.88 bits per heavy atom. The Kier molecular flexibility index (Phi) is 4.43. The first-order valence-electron chi connectivity index (χ1n) is 7.26. The predicted octanol–water partition coefficient (Wildman–Crippen LogP) is 2.51. The average molecular weight is 238 g/mol. The molecule has 0 bridgehead atoms. The molecule has 3 nitrogen and oxygen atoms in total. The van der Waals surface area contributed by atoms with Crippen molar-refractivity contribution in [2.75, 3.05) is 6.67 Å². The maximum Gasteiger partial charge on any atom is 0.241 e. The third-order valence-electron chi connectivity index (χ3n) is 4.33. The van der Waals surface area contributed by atoms with Crippen LogP contribution >= 0.6 is 0 Å². The highest BCUT2D eigenvalue weighted by Gasteiger charge is 2.35. The van der Waals surface area contributed by atoms with Gasteiger partial charge in [-0.1, -0.05) is 33.1 Å². The molecule has 2 aliphatic rings. The maximum absolute atomic E-state index is 12.3. The second kappa shape index (κ2) is 5.85. The molecule has 2 rings (SSSR count). The molecule has 0 aromatic rings. The molecule has 1 heterocycles. The molecule has 17 heavy (non-hydrogen) atoms. The van der Waals surface area contributed by atoms with Gasteiger partial charge in [-0.3, -0.25) is 10.1 Å². The quantitative estimate of drug-likeness (QED) is 0.766. The molecule has 0 aromatic heterocycles. The number of hydrogen-bond acceptors (Lipinski definition) is 2. The van der Waals surface area contributed by atoms with Crippen LogP contribution in [0.25, 0.3) is 0 Å². The standard InChI is InChI=1S/C14H26N2O/c1-3-5-13-14(17)16(10-15-13)12-7-4-6-11(2)8-9-12/h11-13,15H,3-10H2,1-2H3. The van der Waals surface area contributed by atoms with E-state index in [4.69, 9.17) is 0 Å². The van der Waals surface area contributed by atoms with Gasteiger partial charge in [0.1, 0.15) is 0 Å². The van der Waals surface area contributed by atoms with Crippen LogP contribution in [0.15, 0.2) is 0 Å². The minimum absolute atomic E-state index is 0.0978. The summed E-state index contributed by atoms with van der Waals surface area (Å²) in [5, 5.41) is 3.36. The van der Waals surface area contributed by atoms with Crippen molar-refractivity contribution in [1.82, 2.24) is 10.2 Å². The number of nitrogens with zero attached hydrogens (tertiary/aromatic N) is 1. The van der Waals surface area contributed by atoms with Crippen molar-refractivity contribution < 1.29 is 4.79 Å². The first kappa shape index (κ1) is 12.9. The molecule has 1 aliphatic heterocycles. The van der Waals surface area contributed by atoms with E-state index in [2.05, 4.69) is 24.1 Å². The minimum Gasteiger partial charge on any atom is -0.326 e. The highest BCUT2D eigenvalue weighted by molar-refractivity contribution is 5.84. The van der Waals surface area contributed by atoms with Gasteiger partial charge in [0.2, 0.25) is 5.91 Å². The topological polar surface area (TPSA) is 32.3 Å². The fraction of sp³-hybridized carbons (Fsp3) is 0.929. The zero-order valence-corrected chi connectivity index (χ0v) is 11.2. The van der Waals surface area contributed by atoms with Crippen LogP contribution in [0.1, 0.15) is 58.8 Å². The zero-order chi connectivity index (χ0) is 12.3.